The number of rotatable bonds is 6. The third kappa shape index (κ3) is 7.04. The second-order valence-corrected chi connectivity index (χ2v) is 4.87. The van der Waals surface area contributed by atoms with Gasteiger partial charge in [-0.1, -0.05) is 11.3 Å². The molecule has 108 valence electrons. The predicted molar refractivity (Wildman–Crippen MR) is 74.4 cm³/mol. The minimum Gasteiger partial charge on any atom is -0.469 e. The van der Waals surface area contributed by atoms with Gasteiger partial charge in [-0.15, -0.1) is 22.6 Å². The number of aromatic nitrogens is 2. The molecule has 0 bridgehead atoms. The molecular formula is C10H17ClN4O3S. The van der Waals surface area contributed by atoms with Crippen molar-refractivity contribution in [3.8, 4) is 0 Å². The Morgan fingerprint density at radius 1 is 1.47 bits per heavy atom. The monoisotopic (exact) mass is 308 g/mol. The van der Waals surface area contributed by atoms with E-state index in [-0.39, 0.29) is 43.2 Å². The number of carbonyl (C=O) groups is 2. The van der Waals surface area contributed by atoms with Gasteiger partial charge in [0.1, 0.15) is 5.01 Å². The Morgan fingerprint density at radius 3 is 2.74 bits per heavy atom. The lowest BCUT2D eigenvalue weighted by Gasteiger charge is -2.03. The summed E-state index contributed by atoms with van der Waals surface area (Å²) in [7, 11) is 1.34. The third-order valence-electron chi connectivity index (χ3n) is 1.99. The molecule has 7 nitrogen and oxygen atoms in total. The molecule has 9 heteroatoms. The fourth-order valence-electron chi connectivity index (χ4n) is 1.18. The molecule has 0 spiro atoms. The fourth-order valence-corrected chi connectivity index (χ4v) is 1.93. The zero-order valence-electron chi connectivity index (χ0n) is 10.7. The van der Waals surface area contributed by atoms with Crippen LogP contribution in [0.25, 0.3) is 0 Å². The van der Waals surface area contributed by atoms with Crippen molar-refractivity contribution >= 4 is 40.8 Å². The lowest BCUT2D eigenvalue weighted by Crippen LogP contribution is -2.23. The zero-order chi connectivity index (χ0) is 13.5. The number of ether oxygens (including phenoxy) is 1. The quantitative estimate of drug-likeness (QED) is 0.751. The zero-order valence-corrected chi connectivity index (χ0v) is 12.3. The molecule has 0 aliphatic rings. The lowest BCUT2D eigenvalue weighted by atomic mass is 10.2. The normalized spacial score (nSPS) is 11.3. The summed E-state index contributed by atoms with van der Waals surface area (Å²) in [6.45, 7) is 1.75. The molecule has 0 aliphatic heterocycles. The number of hydrogen-bond acceptors (Lipinski definition) is 7. The van der Waals surface area contributed by atoms with Gasteiger partial charge in [-0.05, 0) is 6.92 Å². The van der Waals surface area contributed by atoms with Crippen LogP contribution in [-0.2, 0) is 20.7 Å². The van der Waals surface area contributed by atoms with E-state index in [4.69, 9.17) is 5.73 Å². The molecule has 0 aromatic carbocycles. The number of aryl methyl sites for hydroxylation is 1. The van der Waals surface area contributed by atoms with Crippen LogP contribution in [-0.4, -0.2) is 35.2 Å². The van der Waals surface area contributed by atoms with Crippen molar-refractivity contribution in [2.45, 2.75) is 32.2 Å². The van der Waals surface area contributed by atoms with Crippen molar-refractivity contribution in [2.75, 3.05) is 12.4 Å². The SMILES string of the molecule is COC(=O)CCc1nnc(NC(=O)CC(C)N)s1.Cl. The van der Waals surface area contributed by atoms with Crippen LogP contribution < -0.4 is 11.1 Å². The molecule has 0 fully saturated rings. The van der Waals surface area contributed by atoms with Crippen LogP contribution in [0.5, 0.6) is 0 Å². The summed E-state index contributed by atoms with van der Waals surface area (Å²) in [4.78, 5) is 22.4. The Morgan fingerprint density at radius 2 is 2.16 bits per heavy atom. The van der Waals surface area contributed by atoms with Gasteiger partial charge in [0, 0.05) is 18.9 Å². The molecule has 1 heterocycles. The van der Waals surface area contributed by atoms with Crippen LogP contribution in [0.15, 0.2) is 0 Å². The highest BCUT2D eigenvalue weighted by Crippen LogP contribution is 2.17. The Kier molecular flexibility index (Phi) is 8.21. The van der Waals surface area contributed by atoms with E-state index in [0.29, 0.717) is 16.6 Å². The van der Waals surface area contributed by atoms with Gasteiger partial charge in [0.05, 0.1) is 13.5 Å². The fraction of sp³-hybridized carbons (Fsp3) is 0.600. The molecule has 0 saturated heterocycles. The Labute approximate surface area is 121 Å². The molecule has 1 amide bonds. The van der Waals surface area contributed by atoms with E-state index in [9.17, 15) is 9.59 Å². The second kappa shape index (κ2) is 8.78. The second-order valence-electron chi connectivity index (χ2n) is 3.81. The molecule has 3 N–H and O–H groups in total. The minimum absolute atomic E-state index is 0. The summed E-state index contributed by atoms with van der Waals surface area (Å²) < 4.78 is 4.52. The van der Waals surface area contributed by atoms with Crippen molar-refractivity contribution in [1.82, 2.24) is 10.2 Å². The van der Waals surface area contributed by atoms with Crippen LogP contribution in [0.2, 0.25) is 0 Å². The van der Waals surface area contributed by atoms with Gasteiger partial charge in [0.2, 0.25) is 11.0 Å². The first-order valence-electron chi connectivity index (χ1n) is 5.46. The smallest absolute Gasteiger partial charge is 0.305 e. The van der Waals surface area contributed by atoms with Gasteiger partial charge in [0.25, 0.3) is 0 Å². The van der Waals surface area contributed by atoms with Crippen molar-refractivity contribution in [3.63, 3.8) is 0 Å². The first-order valence-corrected chi connectivity index (χ1v) is 6.27. The van der Waals surface area contributed by atoms with Gasteiger partial charge in [0.15, 0.2) is 0 Å². The van der Waals surface area contributed by atoms with E-state index < -0.39 is 0 Å². The van der Waals surface area contributed by atoms with Crippen LogP contribution in [0.4, 0.5) is 5.13 Å². The summed E-state index contributed by atoms with van der Waals surface area (Å²) >= 11 is 1.24. The number of esters is 1. The van der Waals surface area contributed by atoms with Crippen LogP contribution in [0.1, 0.15) is 24.8 Å². The summed E-state index contributed by atoms with van der Waals surface area (Å²) in [6, 6.07) is -0.197. The van der Waals surface area contributed by atoms with Crippen molar-refractivity contribution in [2.24, 2.45) is 5.73 Å². The highest BCUT2D eigenvalue weighted by Gasteiger charge is 2.10. The first-order chi connectivity index (χ1) is 8.51. The number of amides is 1. The number of nitrogens with zero attached hydrogens (tertiary/aromatic N) is 2. The van der Waals surface area contributed by atoms with E-state index in [2.05, 4.69) is 20.3 Å². The van der Waals surface area contributed by atoms with Crippen molar-refractivity contribution < 1.29 is 14.3 Å². The summed E-state index contributed by atoms with van der Waals surface area (Å²) in [5, 5.41) is 11.4. The van der Waals surface area contributed by atoms with Crippen LogP contribution >= 0.6 is 23.7 Å². The number of methoxy groups -OCH3 is 1. The summed E-state index contributed by atoms with van der Waals surface area (Å²) in [5.74, 6) is -0.492. The van der Waals surface area contributed by atoms with E-state index in [0.717, 1.165) is 0 Å². The number of anilines is 1. The minimum atomic E-state index is -0.298. The molecule has 1 atom stereocenters. The maximum atomic E-state index is 11.4. The highest BCUT2D eigenvalue weighted by molar-refractivity contribution is 7.15. The molecule has 1 unspecified atom stereocenters. The Hall–Kier alpha value is -1.25. The van der Waals surface area contributed by atoms with Crippen molar-refractivity contribution in [1.29, 1.82) is 0 Å². The maximum Gasteiger partial charge on any atom is 0.305 e. The highest BCUT2D eigenvalue weighted by atomic mass is 35.5. The molecule has 0 aliphatic carbocycles. The average Bonchev–Trinajstić information content (AvgIpc) is 2.72. The van der Waals surface area contributed by atoms with Gasteiger partial charge < -0.3 is 15.8 Å². The molecule has 1 rings (SSSR count). The van der Waals surface area contributed by atoms with E-state index in [1.54, 1.807) is 6.92 Å². The molecule has 0 radical (unpaired) electrons. The molecule has 1 aromatic heterocycles. The van der Waals surface area contributed by atoms with Crippen LogP contribution in [0.3, 0.4) is 0 Å². The molecule has 1 aromatic rings. The van der Waals surface area contributed by atoms with Gasteiger partial charge >= 0.3 is 5.97 Å². The molecule has 19 heavy (non-hydrogen) atoms. The number of carbonyl (C=O) groups excluding carboxylic acids is 2. The third-order valence-corrected chi connectivity index (χ3v) is 2.89. The van der Waals surface area contributed by atoms with Crippen LogP contribution in [0, 0.1) is 0 Å². The maximum absolute atomic E-state index is 11.4. The molecular weight excluding hydrogens is 292 g/mol. The largest absolute Gasteiger partial charge is 0.469 e. The van der Waals surface area contributed by atoms with Crippen molar-refractivity contribution in [3.05, 3.63) is 5.01 Å². The van der Waals surface area contributed by atoms with Gasteiger partial charge in [-0.25, -0.2) is 0 Å². The Balaban J connectivity index is 0.00000324. The van der Waals surface area contributed by atoms with E-state index >= 15 is 0 Å². The standard InChI is InChI=1S/C10H16N4O3S.ClH/c1-6(11)5-7(15)12-10-14-13-8(18-10)3-4-9(16)17-2;/h6H,3-5,11H2,1-2H3,(H,12,14,15);1H. The number of halogens is 1. The summed E-state index contributed by atoms with van der Waals surface area (Å²) in [5.41, 5.74) is 5.50. The average molecular weight is 309 g/mol. The van der Waals surface area contributed by atoms with Gasteiger partial charge in [-0.2, -0.15) is 0 Å². The Bertz CT molecular complexity index is 425. The van der Waals surface area contributed by atoms with E-state index in [1.165, 1.54) is 18.4 Å². The predicted octanol–water partition coefficient (Wildman–Crippen LogP) is 0.741. The number of hydrogen-bond donors (Lipinski definition) is 2. The van der Waals surface area contributed by atoms with Gasteiger partial charge in [-0.3, -0.25) is 9.59 Å². The molecule has 0 saturated carbocycles. The lowest BCUT2D eigenvalue weighted by molar-refractivity contribution is -0.140. The number of nitrogens with two attached hydrogens (primary N) is 1. The first kappa shape index (κ1) is 17.8. The topological polar surface area (TPSA) is 107 Å². The van der Waals surface area contributed by atoms with E-state index in [1.807, 2.05) is 0 Å². The number of nitrogens with one attached hydrogen (secondary N) is 1. The summed E-state index contributed by atoms with van der Waals surface area (Å²) in [6.07, 6.45) is 0.934.